The molecule has 2 rings (SSSR count). The van der Waals surface area contributed by atoms with E-state index in [-0.39, 0.29) is 5.75 Å². The maximum absolute atomic E-state index is 11.7. The zero-order chi connectivity index (χ0) is 15.3. The maximum Gasteiger partial charge on any atom is 0.232 e. The molecule has 0 radical (unpaired) electrons. The van der Waals surface area contributed by atoms with Crippen molar-refractivity contribution >= 4 is 27.1 Å². The third-order valence-corrected chi connectivity index (χ3v) is 4.43. The molecule has 2 aromatic rings. The minimum atomic E-state index is -3.23. The Morgan fingerprint density at radius 1 is 0.952 bits per heavy atom. The van der Waals surface area contributed by atoms with Crippen LogP contribution in [0.1, 0.15) is 18.9 Å². The van der Waals surface area contributed by atoms with E-state index in [2.05, 4.69) is 16.1 Å². The quantitative estimate of drug-likeness (QED) is 0.851. The van der Waals surface area contributed by atoms with Crippen molar-refractivity contribution in [3.05, 3.63) is 54.1 Å². The molecule has 0 amide bonds. The minimum absolute atomic E-state index is 0.135. The Balaban J connectivity index is 2.05. The molecule has 0 bridgehead atoms. The monoisotopic (exact) mass is 304 g/mol. The lowest BCUT2D eigenvalue weighted by molar-refractivity contribution is 0.600. The van der Waals surface area contributed by atoms with Gasteiger partial charge in [0.2, 0.25) is 10.0 Å². The number of hydrogen-bond acceptors (Lipinski definition) is 3. The maximum atomic E-state index is 11.7. The van der Waals surface area contributed by atoms with Gasteiger partial charge in [0.1, 0.15) is 0 Å². The van der Waals surface area contributed by atoms with E-state index in [9.17, 15) is 8.42 Å². The Morgan fingerprint density at radius 3 is 2.24 bits per heavy atom. The molecule has 0 aromatic heterocycles. The first-order valence-electron chi connectivity index (χ1n) is 6.93. The third-order valence-electron chi connectivity index (χ3n) is 2.94. The Bertz CT molecular complexity index is 694. The lowest BCUT2D eigenvalue weighted by Gasteiger charge is -2.10. The Kier molecular flexibility index (Phi) is 4.85. The number of sulfonamides is 1. The average Bonchev–Trinajstić information content (AvgIpc) is 2.40. The van der Waals surface area contributed by atoms with Crippen molar-refractivity contribution in [1.29, 1.82) is 0 Å². The Labute approximate surface area is 126 Å². The first-order chi connectivity index (χ1) is 9.98. The zero-order valence-corrected chi connectivity index (χ0v) is 13.1. The van der Waals surface area contributed by atoms with Crippen molar-refractivity contribution in [2.24, 2.45) is 0 Å². The highest BCUT2D eigenvalue weighted by molar-refractivity contribution is 7.92. The van der Waals surface area contributed by atoms with E-state index in [1.165, 1.54) is 5.56 Å². The van der Waals surface area contributed by atoms with Gasteiger partial charge in [-0.3, -0.25) is 4.72 Å². The van der Waals surface area contributed by atoms with E-state index >= 15 is 0 Å². The van der Waals surface area contributed by atoms with Gasteiger partial charge in [-0.15, -0.1) is 0 Å². The van der Waals surface area contributed by atoms with Crippen LogP contribution in [0, 0.1) is 6.92 Å². The van der Waals surface area contributed by atoms with Crippen LogP contribution in [0.4, 0.5) is 17.1 Å². The summed E-state index contributed by atoms with van der Waals surface area (Å²) in [4.78, 5) is 0. The second-order valence-corrected chi connectivity index (χ2v) is 6.83. The van der Waals surface area contributed by atoms with Crippen LogP contribution in [0.5, 0.6) is 0 Å². The molecule has 4 nitrogen and oxygen atoms in total. The minimum Gasteiger partial charge on any atom is -0.356 e. The SMILES string of the molecule is CCCS(=O)(=O)Nc1ccc(Nc2cccc(C)c2)cc1. The Morgan fingerprint density at radius 2 is 1.62 bits per heavy atom. The molecular weight excluding hydrogens is 284 g/mol. The van der Waals surface area contributed by atoms with Gasteiger partial charge in [0.05, 0.1) is 5.75 Å². The fraction of sp³-hybridized carbons (Fsp3) is 0.250. The second-order valence-electron chi connectivity index (χ2n) is 4.99. The molecule has 0 aliphatic heterocycles. The Hall–Kier alpha value is -2.01. The van der Waals surface area contributed by atoms with Crippen LogP contribution in [0.15, 0.2) is 48.5 Å². The number of anilines is 3. The van der Waals surface area contributed by atoms with Gasteiger partial charge in [-0.1, -0.05) is 19.1 Å². The molecule has 0 atom stereocenters. The summed E-state index contributed by atoms with van der Waals surface area (Å²) in [6.07, 6.45) is 0.600. The molecule has 0 unspecified atom stereocenters. The summed E-state index contributed by atoms with van der Waals surface area (Å²) in [6.45, 7) is 3.88. The van der Waals surface area contributed by atoms with Crippen LogP contribution in [-0.4, -0.2) is 14.2 Å². The van der Waals surface area contributed by atoms with Crippen molar-refractivity contribution in [3.8, 4) is 0 Å². The van der Waals surface area contributed by atoms with Gasteiger partial charge in [-0.2, -0.15) is 0 Å². The second kappa shape index (κ2) is 6.63. The van der Waals surface area contributed by atoms with Crippen molar-refractivity contribution in [1.82, 2.24) is 0 Å². The van der Waals surface area contributed by atoms with Crippen molar-refractivity contribution in [2.75, 3.05) is 15.8 Å². The topological polar surface area (TPSA) is 58.2 Å². The highest BCUT2D eigenvalue weighted by Crippen LogP contribution is 2.20. The van der Waals surface area contributed by atoms with Gasteiger partial charge in [0, 0.05) is 17.1 Å². The van der Waals surface area contributed by atoms with Crippen molar-refractivity contribution in [2.45, 2.75) is 20.3 Å². The lowest BCUT2D eigenvalue weighted by Crippen LogP contribution is -2.15. The predicted molar refractivity (Wildman–Crippen MR) is 88.6 cm³/mol. The molecule has 0 spiro atoms. The van der Waals surface area contributed by atoms with E-state index in [0.717, 1.165) is 11.4 Å². The number of benzene rings is 2. The fourth-order valence-electron chi connectivity index (χ4n) is 2.01. The van der Waals surface area contributed by atoms with Crippen LogP contribution in [0.2, 0.25) is 0 Å². The van der Waals surface area contributed by atoms with E-state index in [1.807, 2.05) is 44.2 Å². The zero-order valence-electron chi connectivity index (χ0n) is 12.3. The van der Waals surface area contributed by atoms with Crippen LogP contribution >= 0.6 is 0 Å². The van der Waals surface area contributed by atoms with Crippen molar-refractivity contribution in [3.63, 3.8) is 0 Å². The van der Waals surface area contributed by atoms with Crippen LogP contribution < -0.4 is 10.0 Å². The molecule has 2 aromatic carbocycles. The number of hydrogen-bond donors (Lipinski definition) is 2. The summed E-state index contributed by atoms with van der Waals surface area (Å²) in [7, 11) is -3.23. The van der Waals surface area contributed by atoms with E-state index in [1.54, 1.807) is 12.1 Å². The molecule has 0 saturated carbocycles. The largest absolute Gasteiger partial charge is 0.356 e. The van der Waals surface area contributed by atoms with Gasteiger partial charge in [-0.05, 0) is 55.3 Å². The first-order valence-corrected chi connectivity index (χ1v) is 8.58. The van der Waals surface area contributed by atoms with Gasteiger partial charge in [-0.25, -0.2) is 8.42 Å². The molecule has 0 heterocycles. The molecule has 0 saturated heterocycles. The van der Waals surface area contributed by atoms with Gasteiger partial charge >= 0.3 is 0 Å². The van der Waals surface area contributed by atoms with Crippen LogP contribution in [-0.2, 0) is 10.0 Å². The molecular formula is C16H20N2O2S. The van der Waals surface area contributed by atoms with Gasteiger partial charge in [0.25, 0.3) is 0 Å². The molecule has 5 heteroatoms. The van der Waals surface area contributed by atoms with E-state index in [0.29, 0.717) is 12.1 Å². The van der Waals surface area contributed by atoms with Crippen LogP contribution in [0.25, 0.3) is 0 Å². The molecule has 0 aliphatic carbocycles. The standard InChI is InChI=1S/C16H20N2O2S/c1-3-11-21(19,20)18-15-9-7-14(8-10-15)17-16-6-4-5-13(2)12-16/h4-10,12,17-18H,3,11H2,1-2H3. The summed E-state index contributed by atoms with van der Waals surface area (Å²) in [5, 5.41) is 3.28. The number of nitrogens with one attached hydrogen (secondary N) is 2. The van der Waals surface area contributed by atoms with Gasteiger partial charge < -0.3 is 5.32 Å². The van der Waals surface area contributed by atoms with Crippen molar-refractivity contribution < 1.29 is 8.42 Å². The van der Waals surface area contributed by atoms with Crippen LogP contribution in [0.3, 0.4) is 0 Å². The summed E-state index contributed by atoms with van der Waals surface area (Å²) >= 11 is 0. The predicted octanol–water partition coefficient (Wildman–Crippen LogP) is 3.89. The number of aryl methyl sites for hydroxylation is 1. The first kappa shape index (κ1) is 15.4. The highest BCUT2D eigenvalue weighted by Gasteiger charge is 2.08. The summed E-state index contributed by atoms with van der Waals surface area (Å²) in [5.74, 6) is 0.135. The molecule has 21 heavy (non-hydrogen) atoms. The molecule has 0 fully saturated rings. The fourth-order valence-corrected chi connectivity index (χ4v) is 3.15. The summed E-state index contributed by atoms with van der Waals surface area (Å²) in [6, 6.07) is 15.3. The van der Waals surface area contributed by atoms with E-state index in [4.69, 9.17) is 0 Å². The summed E-state index contributed by atoms with van der Waals surface area (Å²) in [5.41, 5.74) is 3.69. The smallest absolute Gasteiger partial charge is 0.232 e. The number of rotatable bonds is 6. The van der Waals surface area contributed by atoms with Gasteiger partial charge in [0.15, 0.2) is 0 Å². The third kappa shape index (κ3) is 4.79. The molecule has 112 valence electrons. The van der Waals surface area contributed by atoms with E-state index < -0.39 is 10.0 Å². The molecule has 0 aliphatic rings. The lowest BCUT2D eigenvalue weighted by atomic mass is 10.2. The average molecular weight is 304 g/mol. The molecule has 2 N–H and O–H groups in total. The highest BCUT2D eigenvalue weighted by atomic mass is 32.2. The summed E-state index contributed by atoms with van der Waals surface area (Å²) < 4.78 is 25.9. The normalized spacial score (nSPS) is 11.1.